The van der Waals surface area contributed by atoms with Crippen molar-refractivity contribution in [2.75, 3.05) is 0 Å². The van der Waals surface area contributed by atoms with Crippen LogP contribution >= 0.6 is 23.2 Å². The fourth-order valence-corrected chi connectivity index (χ4v) is 3.09. The number of carbonyl (C=O) groups is 1. The van der Waals surface area contributed by atoms with E-state index in [0.29, 0.717) is 29.1 Å². The number of para-hydroxylation sites is 1. The van der Waals surface area contributed by atoms with E-state index < -0.39 is 5.91 Å². The van der Waals surface area contributed by atoms with Gasteiger partial charge in [-0.2, -0.15) is 5.10 Å². The Morgan fingerprint density at radius 2 is 1.87 bits per heavy atom. The van der Waals surface area contributed by atoms with Gasteiger partial charge in [0.1, 0.15) is 11.5 Å². The van der Waals surface area contributed by atoms with E-state index in [0.717, 1.165) is 5.56 Å². The number of nitrogens with zero attached hydrogens (tertiary/aromatic N) is 1. The molecule has 1 aliphatic carbocycles. The SMILES string of the molecule is O=C(N/N=C1\CCc2c(Cl)cc(Cl)c(O)c21)c1ccccc1O. The summed E-state index contributed by atoms with van der Waals surface area (Å²) in [5.74, 6) is -0.776. The lowest BCUT2D eigenvalue weighted by Gasteiger charge is -2.08. The Morgan fingerprint density at radius 1 is 1.13 bits per heavy atom. The van der Waals surface area contributed by atoms with Gasteiger partial charge in [0.15, 0.2) is 0 Å². The molecule has 2 aromatic rings. The third-order valence-corrected chi connectivity index (χ3v) is 4.27. The van der Waals surface area contributed by atoms with Crippen molar-refractivity contribution in [1.29, 1.82) is 0 Å². The molecule has 23 heavy (non-hydrogen) atoms. The van der Waals surface area contributed by atoms with Crippen molar-refractivity contribution in [2.45, 2.75) is 12.8 Å². The van der Waals surface area contributed by atoms with Gasteiger partial charge in [0.25, 0.3) is 5.91 Å². The molecule has 3 rings (SSSR count). The number of nitrogens with one attached hydrogen (secondary N) is 1. The van der Waals surface area contributed by atoms with Crippen LogP contribution in [0.3, 0.4) is 0 Å². The van der Waals surface area contributed by atoms with Crippen molar-refractivity contribution < 1.29 is 15.0 Å². The number of aromatic hydroxyl groups is 2. The molecule has 118 valence electrons. The largest absolute Gasteiger partial charge is 0.507 e. The molecule has 0 aliphatic heterocycles. The van der Waals surface area contributed by atoms with Crippen LogP contribution in [-0.4, -0.2) is 21.8 Å². The van der Waals surface area contributed by atoms with Crippen molar-refractivity contribution in [3.63, 3.8) is 0 Å². The summed E-state index contributed by atoms with van der Waals surface area (Å²) in [5, 5.41) is 24.4. The first-order valence-corrected chi connectivity index (χ1v) is 7.59. The zero-order valence-electron chi connectivity index (χ0n) is 11.8. The Hall–Kier alpha value is -2.24. The second-order valence-corrected chi connectivity index (χ2v) is 5.87. The van der Waals surface area contributed by atoms with Crippen LogP contribution in [0.4, 0.5) is 0 Å². The van der Waals surface area contributed by atoms with Gasteiger partial charge in [0.05, 0.1) is 16.3 Å². The van der Waals surface area contributed by atoms with E-state index in [1.807, 2.05) is 0 Å². The molecular weight excluding hydrogens is 339 g/mol. The van der Waals surface area contributed by atoms with Crippen LogP contribution in [-0.2, 0) is 6.42 Å². The van der Waals surface area contributed by atoms with E-state index in [-0.39, 0.29) is 22.1 Å². The predicted octanol–water partition coefficient (Wildman–Crippen LogP) is 3.48. The summed E-state index contributed by atoms with van der Waals surface area (Å²) in [6.07, 6.45) is 1.12. The number of phenols is 2. The van der Waals surface area contributed by atoms with E-state index in [4.69, 9.17) is 23.2 Å². The topological polar surface area (TPSA) is 81.9 Å². The molecule has 1 amide bonds. The standard InChI is InChI=1S/C16H12Cl2N2O3/c17-10-7-11(18)15(22)14-8(10)5-6-12(14)19-20-16(23)9-3-1-2-4-13(9)21/h1-4,7,21-22H,5-6H2,(H,20,23)/b19-12+. The highest BCUT2D eigenvalue weighted by Gasteiger charge is 2.26. The summed E-state index contributed by atoms with van der Waals surface area (Å²) >= 11 is 12.1. The Bertz CT molecular complexity index is 834. The minimum Gasteiger partial charge on any atom is -0.507 e. The number of phenolic OH excluding ortho intramolecular Hbond substituents is 2. The van der Waals surface area contributed by atoms with Crippen molar-refractivity contribution in [2.24, 2.45) is 5.10 Å². The molecule has 0 fully saturated rings. The number of carbonyl (C=O) groups excluding carboxylic acids is 1. The smallest absolute Gasteiger partial charge is 0.275 e. The quantitative estimate of drug-likeness (QED) is 0.725. The fourth-order valence-electron chi connectivity index (χ4n) is 2.53. The average Bonchev–Trinajstić information content (AvgIpc) is 2.95. The van der Waals surface area contributed by atoms with Crippen molar-refractivity contribution in [3.8, 4) is 11.5 Å². The number of hydrogen-bond acceptors (Lipinski definition) is 4. The summed E-state index contributed by atoms with van der Waals surface area (Å²) in [5.41, 5.74) is 4.20. The summed E-state index contributed by atoms with van der Waals surface area (Å²) in [4.78, 5) is 12.1. The van der Waals surface area contributed by atoms with Crippen molar-refractivity contribution >= 4 is 34.8 Å². The Kier molecular flexibility index (Phi) is 4.15. The van der Waals surface area contributed by atoms with Gasteiger partial charge in [-0.3, -0.25) is 4.79 Å². The Balaban J connectivity index is 1.90. The van der Waals surface area contributed by atoms with Crippen LogP contribution in [0.1, 0.15) is 27.9 Å². The third kappa shape index (κ3) is 2.85. The van der Waals surface area contributed by atoms with Crippen LogP contribution < -0.4 is 5.43 Å². The molecule has 7 heteroatoms. The number of amides is 1. The van der Waals surface area contributed by atoms with E-state index in [1.165, 1.54) is 18.2 Å². The van der Waals surface area contributed by atoms with Crippen LogP contribution in [0.2, 0.25) is 10.0 Å². The lowest BCUT2D eigenvalue weighted by molar-refractivity contribution is 0.0952. The Labute approximate surface area is 142 Å². The molecule has 0 radical (unpaired) electrons. The minimum atomic E-state index is -0.545. The highest BCUT2D eigenvalue weighted by Crippen LogP contribution is 2.40. The molecule has 0 atom stereocenters. The maximum absolute atomic E-state index is 12.1. The summed E-state index contributed by atoms with van der Waals surface area (Å²) < 4.78 is 0. The monoisotopic (exact) mass is 350 g/mol. The number of hydrogen-bond donors (Lipinski definition) is 3. The lowest BCUT2D eigenvalue weighted by atomic mass is 10.1. The summed E-state index contributed by atoms with van der Waals surface area (Å²) in [7, 11) is 0. The molecular formula is C16H12Cl2N2O3. The molecule has 0 unspecified atom stereocenters. The molecule has 0 saturated carbocycles. The first-order valence-electron chi connectivity index (χ1n) is 6.84. The van der Waals surface area contributed by atoms with Crippen molar-refractivity contribution in [1.82, 2.24) is 5.43 Å². The van der Waals surface area contributed by atoms with E-state index in [9.17, 15) is 15.0 Å². The van der Waals surface area contributed by atoms with Gasteiger partial charge in [-0.25, -0.2) is 5.43 Å². The molecule has 5 nitrogen and oxygen atoms in total. The molecule has 0 saturated heterocycles. The number of hydrazone groups is 1. The zero-order valence-corrected chi connectivity index (χ0v) is 13.3. The summed E-state index contributed by atoms with van der Waals surface area (Å²) in [6.45, 7) is 0. The number of rotatable bonds is 2. The van der Waals surface area contributed by atoms with Gasteiger partial charge in [0.2, 0.25) is 0 Å². The van der Waals surface area contributed by atoms with Gasteiger partial charge in [0, 0.05) is 10.6 Å². The average molecular weight is 351 g/mol. The number of benzene rings is 2. The van der Waals surface area contributed by atoms with Gasteiger partial charge >= 0.3 is 0 Å². The Morgan fingerprint density at radius 3 is 2.61 bits per heavy atom. The molecule has 0 heterocycles. The molecule has 2 aromatic carbocycles. The first kappa shape index (κ1) is 15.6. The van der Waals surface area contributed by atoms with Gasteiger partial charge in [-0.1, -0.05) is 35.3 Å². The predicted molar refractivity (Wildman–Crippen MR) is 88.6 cm³/mol. The minimum absolute atomic E-state index is 0.0980. The van der Waals surface area contributed by atoms with E-state index in [1.54, 1.807) is 12.1 Å². The highest BCUT2D eigenvalue weighted by molar-refractivity contribution is 6.37. The second kappa shape index (κ2) is 6.10. The highest BCUT2D eigenvalue weighted by atomic mass is 35.5. The molecule has 3 N–H and O–H groups in total. The van der Waals surface area contributed by atoms with Crippen molar-refractivity contribution in [3.05, 3.63) is 57.1 Å². The molecule has 0 spiro atoms. The van der Waals surface area contributed by atoms with E-state index in [2.05, 4.69) is 10.5 Å². The van der Waals surface area contributed by atoms with Crippen LogP contribution in [0.25, 0.3) is 0 Å². The normalized spacial score (nSPS) is 14.8. The molecule has 0 aromatic heterocycles. The third-order valence-electron chi connectivity index (χ3n) is 3.65. The number of fused-ring (bicyclic) bond motifs is 1. The van der Waals surface area contributed by atoms with E-state index >= 15 is 0 Å². The van der Waals surface area contributed by atoms with Crippen LogP contribution in [0, 0.1) is 0 Å². The van der Waals surface area contributed by atoms with Gasteiger partial charge in [-0.05, 0) is 36.6 Å². The fraction of sp³-hybridized carbons (Fsp3) is 0.125. The van der Waals surface area contributed by atoms with Gasteiger partial charge < -0.3 is 10.2 Å². The summed E-state index contributed by atoms with van der Waals surface area (Å²) in [6, 6.07) is 7.64. The van der Waals surface area contributed by atoms with Crippen LogP contribution in [0.15, 0.2) is 35.4 Å². The lowest BCUT2D eigenvalue weighted by Crippen LogP contribution is -2.19. The first-order chi connectivity index (χ1) is 11.0. The maximum atomic E-state index is 12.1. The second-order valence-electron chi connectivity index (χ2n) is 5.06. The van der Waals surface area contributed by atoms with Gasteiger partial charge in [-0.15, -0.1) is 0 Å². The maximum Gasteiger partial charge on any atom is 0.275 e. The zero-order chi connectivity index (χ0) is 16.6. The van der Waals surface area contributed by atoms with Crippen LogP contribution in [0.5, 0.6) is 11.5 Å². The molecule has 1 aliphatic rings. The molecule has 0 bridgehead atoms. The number of halogens is 2.